The SMILES string of the molecule is CC(C(N)=S)S(=O)(=O)Nc1cccc2ncccc12. The fourth-order valence-corrected chi connectivity index (χ4v) is 2.93. The summed E-state index contributed by atoms with van der Waals surface area (Å²) in [5, 5.41) is -0.210. The van der Waals surface area contributed by atoms with Gasteiger partial charge < -0.3 is 5.73 Å². The first-order valence-electron chi connectivity index (χ1n) is 5.56. The lowest BCUT2D eigenvalue weighted by atomic mass is 10.2. The van der Waals surface area contributed by atoms with Crippen molar-refractivity contribution in [1.29, 1.82) is 0 Å². The number of anilines is 1. The highest BCUT2D eigenvalue weighted by atomic mass is 32.2. The minimum Gasteiger partial charge on any atom is -0.392 e. The third kappa shape index (κ3) is 2.82. The van der Waals surface area contributed by atoms with Crippen LogP contribution in [0.15, 0.2) is 36.5 Å². The molecule has 0 aliphatic carbocycles. The predicted octanol–water partition coefficient (Wildman–Crippen LogP) is 1.65. The van der Waals surface area contributed by atoms with Gasteiger partial charge in [0.1, 0.15) is 5.25 Å². The molecule has 1 aromatic heterocycles. The molecule has 1 unspecified atom stereocenters. The quantitative estimate of drug-likeness (QED) is 0.838. The van der Waals surface area contributed by atoms with E-state index in [1.807, 2.05) is 6.07 Å². The molecule has 0 bridgehead atoms. The fraction of sp³-hybridized carbons (Fsp3) is 0.167. The number of nitrogens with two attached hydrogens (primary N) is 1. The van der Waals surface area contributed by atoms with Crippen molar-refractivity contribution in [2.24, 2.45) is 5.73 Å². The van der Waals surface area contributed by atoms with Gasteiger partial charge in [0.05, 0.1) is 16.2 Å². The van der Waals surface area contributed by atoms with E-state index in [1.165, 1.54) is 6.92 Å². The Hall–Kier alpha value is -1.73. The Bertz CT molecular complexity index is 723. The van der Waals surface area contributed by atoms with Crippen molar-refractivity contribution in [1.82, 2.24) is 4.98 Å². The van der Waals surface area contributed by atoms with E-state index >= 15 is 0 Å². The lowest BCUT2D eigenvalue weighted by Crippen LogP contribution is -2.35. The number of nitrogens with zero attached hydrogens (tertiary/aromatic N) is 1. The summed E-state index contributed by atoms with van der Waals surface area (Å²) in [6.45, 7) is 1.45. The largest absolute Gasteiger partial charge is 0.392 e. The normalized spacial score (nSPS) is 13.1. The second-order valence-corrected chi connectivity index (χ2v) is 6.54. The predicted molar refractivity (Wildman–Crippen MR) is 80.5 cm³/mol. The molecule has 19 heavy (non-hydrogen) atoms. The second kappa shape index (κ2) is 5.10. The molecular weight excluding hydrogens is 282 g/mol. The molecule has 0 aliphatic heterocycles. The first-order chi connectivity index (χ1) is 8.92. The van der Waals surface area contributed by atoms with Crippen LogP contribution in [0.5, 0.6) is 0 Å². The summed E-state index contributed by atoms with van der Waals surface area (Å²) in [6.07, 6.45) is 1.65. The van der Waals surface area contributed by atoms with Crippen molar-refractivity contribution in [3.05, 3.63) is 36.5 Å². The molecule has 0 aliphatic rings. The Labute approximate surface area is 116 Å². The third-order valence-electron chi connectivity index (χ3n) is 2.76. The molecule has 0 fully saturated rings. The summed E-state index contributed by atoms with van der Waals surface area (Å²) in [4.78, 5) is 4.10. The van der Waals surface area contributed by atoms with E-state index in [0.717, 1.165) is 5.39 Å². The lowest BCUT2D eigenvalue weighted by molar-refractivity contribution is 0.598. The van der Waals surface area contributed by atoms with Crippen molar-refractivity contribution in [2.75, 3.05) is 4.72 Å². The number of hydrogen-bond donors (Lipinski definition) is 2. The first kappa shape index (κ1) is 13.7. The summed E-state index contributed by atoms with van der Waals surface area (Å²) in [7, 11) is -3.65. The maximum Gasteiger partial charge on any atom is 0.241 e. The van der Waals surface area contributed by atoms with Gasteiger partial charge in [-0.2, -0.15) is 0 Å². The smallest absolute Gasteiger partial charge is 0.241 e. The van der Waals surface area contributed by atoms with Gasteiger partial charge in [-0.15, -0.1) is 0 Å². The van der Waals surface area contributed by atoms with Crippen LogP contribution in [0.4, 0.5) is 5.69 Å². The van der Waals surface area contributed by atoms with Crippen LogP contribution in [0.2, 0.25) is 0 Å². The average molecular weight is 295 g/mol. The molecule has 0 amide bonds. The van der Waals surface area contributed by atoms with Gasteiger partial charge in [0.15, 0.2) is 0 Å². The zero-order chi connectivity index (χ0) is 14.0. The van der Waals surface area contributed by atoms with Crippen LogP contribution in [0.1, 0.15) is 6.92 Å². The first-order valence-corrected chi connectivity index (χ1v) is 7.52. The van der Waals surface area contributed by atoms with Gasteiger partial charge in [-0.3, -0.25) is 9.71 Å². The Morgan fingerprint density at radius 1 is 1.37 bits per heavy atom. The fourth-order valence-electron chi connectivity index (χ4n) is 1.59. The molecule has 3 N–H and O–H groups in total. The highest BCUT2D eigenvalue weighted by molar-refractivity contribution is 7.95. The minimum absolute atomic E-state index is 0.0640. The average Bonchev–Trinajstić information content (AvgIpc) is 2.38. The van der Waals surface area contributed by atoms with E-state index in [1.54, 1.807) is 30.5 Å². The van der Waals surface area contributed by atoms with Gasteiger partial charge in [0, 0.05) is 11.6 Å². The molecule has 1 aromatic carbocycles. The van der Waals surface area contributed by atoms with Crippen LogP contribution >= 0.6 is 12.2 Å². The molecule has 5 nitrogen and oxygen atoms in total. The Morgan fingerprint density at radius 3 is 2.79 bits per heavy atom. The third-order valence-corrected chi connectivity index (χ3v) is 4.96. The summed E-state index contributed by atoms with van der Waals surface area (Å²) in [5.41, 5.74) is 6.57. The van der Waals surface area contributed by atoms with Gasteiger partial charge in [-0.25, -0.2) is 8.42 Å². The number of benzene rings is 1. The number of nitrogens with one attached hydrogen (secondary N) is 1. The number of fused-ring (bicyclic) bond motifs is 1. The number of rotatable bonds is 4. The van der Waals surface area contributed by atoms with Crippen molar-refractivity contribution in [2.45, 2.75) is 12.2 Å². The molecule has 0 saturated heterocycles. The molecule has 0 spiro atoms. The molecule has 0 saturated carbocycles. The monoisotopic (exact) mass is 295 g/mol. The van der Waals surface area contributed by atoms with Crippen molar-refractivity contribution in [3.63, 3.8) is 0 Å². The van der Waals surface area contributed by atoms with E-state index in [4.69, 9.17) is 18.0 Å². The lowest BCUT2D eigenvalue weighted by Gasteiger charge is -2.14. The Kier molecular flexibility index (Phi) is 3.68. The van der Waals surface area contributed by atoms with E-state index < -0.39 is 15.3 Å². The minimum atomic E-state index is -3.65. The van der Waals surface area contributed by atoms with E-state index in [9.17, 15) is 8.42 Å². The molecule has 1 atom stereocenters. The zero-order valence-corrected chi connectivity index (χ0v) is 11.8. The Morgan fingerprint density at radius 2 is 2.11 bits per heavy atom. The standard InChI is InChI=1S/C12H13N3O2S2/c1-8(12(13)18)19(16,17)15-11-6-2-5-10-9(11)4-3-7-14-10/h2-8,15H,1H3,(H2,13,18). The van der Waals surface area contributed by atoms with Gasteiger partial charge in [0.2, 0.25) is 10.0 Å². The maximum atomic E-state index is 12.1. The molecule has 1 heterocycles. The van der Waals surface area contributed by atoms with E-state index in [-0.39, 0.29) is 4.99 Å². The van der Waals surface area contributed by atoms with E-state index in [0.29, 0.717) is 11.2 Å². The molecule has 0 radical (unpaired) electrons. The van der Waals surface area contributed by atoms with Gasteiger partial charge in [-0.05, 0) is 31.2 Å². The number of hydrogen-bond acceptors (Lipinski definition) is 4. The molecule has 7 heteroatoms. The van der Waals surface area contributed by atoms with Crippen molar-refractivity contribution < 1.29 is 8.42 Å². The van der Waals surface area contributed by atoms with Crippen LogP contribution in [-0.4, -0.2) is 23.6 Å². The summed E-state index contributed by atoms with van der Waals surface area (Å²) >= 11 is 4.72. The van der Waals surface area contributed by atoms with Crippen LogP contribution in [0, 0.1) is 0 Å². The number of sulfonamides is 1. The van der Waals surface area contributed by atoms with Crippen LogP contribution in [-0.2, 0) is 10.0 Å². The van der Waals surface area contributed by atoms with Crippen LogP contribution in [0.3, 0.4) is 0 Å². The topological polar surface area (TPSA) is 85.1 Å². The van der Waals surface area contributed by atoms with Gasteiger partial charge in [-0.1, -0.05) is 18.3 Å². The molecule has 2 rings (SSSR count). The number of pyridine rings is 1. The maximum absolute atomic E-state index is 12.1. The highest BCUT2D eigenvalue weighted by Crippen LogP contribution is 2.23. The van der Waals surface area contributed by atoms with Crippen molar-refractivity contribution in [3.8, 4) is 0 Å². The van der Waals surface area contributed by atoms with Crippen LogP contribution < -0.4 is 10.5 Å². The zero-order valence-electron chi connectivity index (χ0n) is 10.2. The number of thiocarbonyl (C=S) groups is 1. The number of aromatic nitrogens is 1. The summed E-state index contributed by atoms with van der Waals surface area (Å²) in [6, 6.07) is 8.76. The van der Waals surface area contributed by atoms with E-state index in [2.05, 4.69) is 9.71 Å². The Balaban J connectivity index is 2.45. The molecular formula is C12H13N3O2S2. The second-order valence-electron chi connectivity index (χ2n) is 4.07. The molecule has 2 aromatic rings. The van der Waals surface area contributed by atoms with Gasteiger partial charge in [0.25, 0.3) is 0 Å². The molecule has 100 valence electrons. The summed E-state index contributed by atoms with van der Waals surface area (Å²) in [5.74, 6) is 0. The van der Waals surface area contributed by atoms with Crippen LogP contribution in [0.25, 0.3) is 10.9 Å². The highest BCUT2D eigenvalue weighted by Gasteiger charge is 2.23. The van der Waals surface area contributed by atoms with Crippen molar-refractivity contribution >= 4 is 43.8 Å². The van der Waals surface area contributed by atoms with Gasteiger partial charge >= 0.3 is 0 Å². The summed E-state index contributed by atoms with van der Waals surface area (Å²) < 4.78 is 26.7.